The van der Waals surface area contributed by atoms with Gasteiger partial charge in [0.05, 0.1) is 12.0 Å². The Balaban J connectivity index is 2.35. The van der Waals surface area contributed by atoms with Gasteiger partial charge in [-0.25, -0.2) is 4.98 Å². The van der Waals surface area contributed by atoms with Crippen LogP contribution in [0, 0.1) is 0 Å². The molecule has 0 bridgehead atoms. The molecular formula is C12H13BrN2S. The molecule has 0 atom stereocenters. The van der Waals surface area contributed by atoms with Crippen molar-refractivity contribution in [3.63, 3.8) is 0 Å². The highest BCUT2D eigenvalue weighted by atomic mass is 79.9. The van der Waals surface area contributed by atoms with Gasteiger partial charge in [0, 0.05) is 17.5 Å². The first-order valence-corrected chi connectivity index (χ1v) is 6.90. The predicted octanol–water partition coefficient (Wildman–Crippen LogP) is 3.96. The van der Waals surface area contributed by atoms with E-state index in [4.69, 9.17) is 0 Å². The van der Waals surface area contributed by atoms with Crippen molar-refractivity contribution in [2.75, 3.05) is 5.75 Å². The van der Waals surface area contributed by atoms with Crippen molar-refractivity contribution in [3.05, 3.63) is 35.2 Å². The lowest BCUT2D eigenvalue weighted by Gasteiger charge is -2.04. The summed E-state index contributed by atoms with van der Waals surface area (Å²) in [5.41, 5.74) is 2.31. The normalized spacial score (nSPS) is 10.7. The van der Waals surface area contributed by atoms with Crippen LogP contribution < -0.4 is 0 Å². The number of imidazole rings is 1. The molecule has 0 spiro atoms. The Morgan fingerprint density at radius 3 is 2.50 bits per heavy atom. The van der Waals surface area contributed by atoms with Crippen molar-refractivity contribution < 1.29 is 0 Å². The first-order valence-electron chi connectivity index (χ1n) is 5.12. The molecule has 0 aliphatic rings. The first kappa shape index (κ1) is 11.7. The van der Waals surface area contributed by atoms with Crippen molar-refractivity contribution in [2.24, 2.45) is 7.05 Å². The van der Waals surface area contributed by atoms with Crippen LogP contribution in [0.4, 0.5) is 0 Å². The van der Waals surface area contributed by atoms with E-state index in [0.717, 1.165) is 16.0 Å². The topological polar surface area (TPSA) is 17.8 Å². The smallest absolute Gasteiger partial charge is 0.132 e. The van der Waals surface area contributed by atoms with Gasteiger partial charge in [0.1, 0.15) is 4.60 Å². The van der Waals surface area contributed by atoms with Crippen molar-refractivity contribution in [1.82, 2.24) is 9.55 Å². The van der Waals surface area contributed by atoms with Gasteiger partial charge in [-0.1, -0.05) is 19.1 Å². The zero-order valence-corrected chi connectivity index (χ0v) is 11.7. The summed E-state index contributed by atoms with van der Waals surface area (Å²) in [4.78, 5) is 5.54. The van der Waals surface area contributed by atoms with Gasteiger partial charge in [0.15, 0.2) is 0 Å². The Morgan fingerprint density at radius 2 is 2.00 bits per heavy atom. The van der Waals surface area contributed by atoms with Crippen LogP contribution in [0.5, 0.6) is 0 Å². The summed E-state index contributed by atoms with van der Waals surface area (Å²) >= 11 is 5.32. The van der Waals surface area contributed by atoms with Crippen LogP contribution in [0.3, 0.4) is 0 Å². The highest BCUT2D eigenvalue weighted by molar-refractivity contribution is 9.10. The van der Waals surface area contributed by atoms with Gasteiger partial charge in [-0.2, -0.15) is 0 Å². The zero-order valence-electron chi connectivity index (χ0n) is 9.27. The van der Waals surface area contributed by atoms with Gasteiger partial charge >= 0.3 is 0 Å². The standard InChI is InChI=1S/C12H13BrN2S/c1-3-16-10-6-4-9(5-7-10)11-12(13)14-8-15(11)2/h4-8H,3H2,1-2H3. The molecule has 2 nitrogen and oxygen atoms in total. The number of halogens is 1. The Labute approximate surface area is 108 Å². The van der Waals surface area contributed by atoms with Crippen molar-refractivity contribution >= 4 is 27.7 Å². The SMILES string of the molecule is CCSc1ccc(-c2c(Br)ncn2C)cc1. The highest BCUT2D eigenvalue weighted by Gasteiger charge is 2.08. The molecule has 16 heavy (non-hydrogen) atoms. The number of thioether (sulfide) groups is 1. The maximum Gasteiger partial charge on any atom is 0.132 e. The minimum absolute atomic E-state index is 0.894. The fourth-order valence-corrected chi connectivity index (χ4v) is 2.86. The van der Waals surface area contributed by atoms with Crippen LogP contribution in [0.1, 0.15) is 6.92 Å². The Kier molecular flexibility index (Phi) is 3.71. The second-order valence-electron chi connectivity index (χ2n) is 3.45. The molecule has 0 aliphatic carbocycles. The van der Waals surface area contributed by atoms with Gasteiger partial charge in [0.25, 0.3) is 0 Å². The van der Waals surface area contributed by atoms with Crippen LogP contribution in [0.2, 0.25) is 0 Å². The molecule has 0 saturated carbocycles. The maximum absolute atomic E-state index is 4.23. The number of rotatable bonds is 3. The second kappa shape index (κ2) is 5.06. The van der Waals surface area contributed by atoms with Crippen LogP contribution in [0.15, 0.2) is 40.1 Å². The molecule has 2 aromatic rings. The minimum Gasteiger partial charge on any atom is -0.333 e. The van der Waals surface area contributed by atoms with Crippen LogP contribution in [-0.4, -0.2) is 15.3 Å². The average Bonchev–Trinajstić information content (AvgIpc) is 2.61. The van der Waals surface area contributed by atoms with E-state index in [9.17, 15) is 0 Å². The third-order valence-electron chi connectivity index (χ3n) is 2.33. The van der Waals surface area contributed by atoms with Gasteiger partial charge in [-0.3, -0.25) is 0 Å². The predicted molar refractivity (Wildman–Crippen MR) is 72.7 cm³/mol. The maximum atomic E-state index is 4.23. The van der Waals surface area contributed by atoms with Crippen LogP contribution >= 0.6 is 27.7 Å². The third kappa shape index (κ3) is 2.33. The molecule has 1 aromatic heterocycles. The van der Waals surface area contributed by atoms with E-state index in [1.807, 2.05) is 29.7 Å². The second-order valence-corrected chi connectivity index (χ2v) is 5.54. The van der Waals surface area contributed by atoms with E-state index >= 15 is 0 Å². The lowest BCUT2D eigenvalue weighted by molar-refractivity contribution is 0.921. The molecular weight excluding hydrogens is 284 g/mol. The zero-order chi connectivity index (χ0) is 11.5. The Bertz CT molecular complexity index is 457. The summed E-state index contributed by atoms with van der Waals surface area (Å²) < 4.78 is 2.91. The lowest BCUT2D eigenvalue weighted by Crippen LogP contribution is -1.89. The molecule has 0 fully saturated rings. The third-order valence-corrected chi connectivity index (χ3v) is 3.81. The molecule has 0 aliphatic heterocycles. The largest absolute Gasteiger partial charge is 0.333 e. The Hall–Kier alpha value is -0.740. The van der Waals surface area contributed by atoms with E-state index in [1.54, 1.807) is 0 Å². The summed E-state index contributed by atoms with van der Waals surface area (Å²) in [6.07, 6.45) is 1.81. The summed E-state index contributed by atoms with van der Waals surface area (Å²) in [5, 5.41) is 0. The number of aromatic nitrogens is 2. The Morgan fingerprint density at radius 1 is 1.31 bits per heavy atom. The van der Waals surface area contributed by atoms with Crippen molar-refractivity contribution in [2.45, 2.75) is 11.8 Å². The highest BCUT2D eigenvalue weighted by Crippen LogP contribution is 2.28. The molecule has 0 amide bonds. The lowest BCUT2D eigenvalue weighted by atomic mass is 10.2. The number of hydrogen-bond acceptors (Lipinski definition) is 2. The van der Waals surface area contributed by atoms with Gasteiger partial charge in [0.2, 0.25) is 0 Å². The number of hydrogen-bond donors (Lipinski definition) is 0. The fraction of sp³-hybridized carbons (Fsp3) is 0.250. The molecule has 0 saturated heterocycles. The monoisotopic (exact) mass is 296 g/mol. The summed E-state index contributed by atoms with van der Waals surface area (Å²) in [6.45, 7) is 2.16. The molecule has 0 unspecified atom stereocenters. The summed E-state index contributed by atoms with van der Waals surface area (Å²) in [6, 6.07) is 8.59. The van der Waals surface area contributed by atoms with E-state index in [1.165, 1.54) is 10.5 Å². The molecule has 0 N–H and O–H groups in total. The summed E-state index contributed by atoms with van der Waals surface area (Å²) in [7, 11) is 2.00. The number of aryl methyl sites for hydroxylation is 1. The van der Waals surface area contributed by atoms with E-state index in [2.05, 4.69) is 52.1 Å². The number of nitrogens with zero attached hydrogens (tertiary/aromatic N) is 2. The molecule has 4 heteroatoms. The van der Waals surface area contributed by atoms with Crippen molar-refractivity contribution in [3.8, 4) is 11.3 Å². The van der Waals surface area contributed by atoms with E-state index in [-0.39, 0.29) is 0 Å². The molecule has 1 heterocycles. The molecule has 1 aromatic carbocycles. The first-order chi connectivity index (χ1) is 7.72. The quantitative estimate of drug-likeness (QED) is 0.798. The van der Waals surface area contributed by atoms with Gasteiger partial charge in [-0.15, -0.1) is 11.8 Å². The van der Waals surface area contributed by atoms with Gasteiger partial charge < -0.3 is 4.57 Å². The molecule has 84 valence electrons. The number of benzene rings is 1. The van der Waals surface area contributed by atoms with Gasteiger partial charge in [-0.05, 0) is 33.8 Å². The van der Waals surface area contributed by atoms with Crippen molar-refractivity contribution in [1.29, 1.82) is 0 Å². The van der Waals surface area contributed by atoms with Crippen LogP contribution in [-0.2, 0) is 7.05 Å². The average molecular weight is 297 g/mol. The molecule has 0 radical (unpaired) electrons. The molecule has 2 rings (SSSR count). The van der Waals surface area contributed by atoms with Crippen LogP contribution in [0.25, 0.3) is 11.3 Å². The van der Waals surface area contributed by atoms with E-state index < -0.39 is 0 Å². The fourth-order valence-electron chi connectivity index (χ4n) is 1.60. The minimum atomic E-state index is 0.894. The van der Waals surface area contributed by atoms with E-state index in [0.29, 0.717) is 0 Å². The summed E-state index contributed by atoms with van der Waals surface area (Å²) in [5.74, 6) is 1.11.